The normalized spacial score (nSPS) is 13.0. The van der Waals surface area contributed by atoms with Crippen LogP contribution in [-0.2, 0) is 4.79 Å². The van der Waals surface area contributed by atoms with Crippen LogP contribution in [0.15, 0.2) is 48.8 Å². The first kappa shape index (κ1) is 17.5. The molecule has 0 radical (unpaired) electrons. The van der Waals surface area contributed by atoms with Gasteiger partial charge in [-0.25, -0.2) is 4.79 Å². The number of nitrogens with one attached hydrogen (secondary N) is 2. The minimum Gasteiger partial charge on any atom is -0.479 e. The lowest BCUT2D eigenvalue weighted by atomic mass is 9.95. The molecule has 0 aliphatic rings. The highest BCUT2D eigenvalue weighted by Gasteiger charge is 2.20. The minimum atomic E-state index is -1.11. The largest absolute Gasteiger partial charge is 0.479 e. The van der Waals surface area contributed by atoms with Crippen LogP contribution in [0.2, 0.25) is 0 Å². The first-order valence-corrected chi connectivity index (χ1v) is 7.59. The molecule has 0 spiro atoms. The van der Waals surface area contributed by atoms with E-state index in [9.17, 15) is 14.7 Å². The van der Waals surface area contributed by atoms with Gasteiger partial charge in [0.2, 0.25) is 0 Å². The summed E-state index contributed by atoms with van der Waals surface area (Å²) in [4.78, 5) is 30.7. The summed E-state index contributed by atoms with van der Waals surface area (Å²) < 4.78 is 0. The number of hydrogen-bond donors (Lipinski definition) is 3. The van der Waals surface area contributed by atoms with E-state index >= 15 is 0 Å². The van der Waals surface area contributed by atoms with Crippen LogP contribution < -0.4 is 5.32 Å². The molecular formula is C18H21N3O3. The van der Waals surface area contributed by atoms with Gasteiger partial charge in [0.25, 0.3) is 5.91 Å². The van der Waals surface area contributed by atoms with Crippen LogP contribution in [0.5, 0.6) is 0 Å². The summed E-state index contributed by atoms with van der Waals surface area (Å²) >= 11 is 0. The molecule has 0 aliphatic heterocycles. The third kappa shape index (κ3) is 4.81. The fourth-order valence-corrected chi connectivity index (χ4v) is 2.00. The zero-order chi connectivity index (χ0) is 17.7. The Hall–Kier alpha value is -2.89. The van der Waals surface area contributed by atoms with E-state index in [1.165, 1.54) is 6.08 Å². The summed E-state index contributed by atoms with van der Waals surface area (Å²) in [5.74, 6) is -1.59. The van der Waals surface area contributed by atoms with E-state index in [1.807, 2.05) is 39.0 Å². The lowest BCUT2D eigenvalue weighted by molar-refractivity contribution is -0.137. The molecule has 2 aromatic heterocycles. The predicted octanol–water partition coefficient (Wildman–Crippen LogP) is 2.86. The molecule has 2 rings (SSSR count). The van der Waals surface area contributed by atoms with Gasteiger partial charge < -0.3 is 15.4 Å². The molecular weight excluding hydrogens is 306 g/mol. The number of H-pyrrole nitrogens is 1. The molecule has 6 heteroatoms. The second-order valence-corrected chi connectivity index (χ2v) is 6.53. The third-order valence-corrected chi connectivity index (χ3v) is 3.23. The highest BCUT2D eigenvalue weighted by atomic mass is 16.4. The number of aromatic amines is 1. The van der Waals surface area contributed by atoms with Crippen LogP contribution in [0.3, 0.4) is 0 Å². The molecule has 0 saturated carbocycles. The molecule has 2 heterocycles. The number of aromatic nitrogens is 2. The smallest absolute Gasteiger partial charge is 0.330 e. The van der Waals surface area contributed by atoms with Gasteiger partial charge in [-0.2, -0.15) is 0 Å². The molecule has 1 atom stereocenters. The second-order valence-electron chi connectivity index (χ2n) is 6.53. The number of amides is 1. The van der Waals surface area contributed by atoms with Gasteiger partial charge in [0, 0.05) is 18.0 Å². The number of pyridine rings is 1. The lowest BCUT2D eigenvalue weighted by Gasteiger charge is -2.14. The van der Waals surface area contributed by atoms with Crippen molar-refractivity contribution in [1.29, 1.82) is 0 Å². The van der Waals surface area contributed by atoms with Crippen LogP contribution in [0, 0.1) is 5.41 Å². The lowest BCUT2D eigenvalue weighted by Crippen LogP contribution is -2.39. The summed E-state index contributed by atoms with van der Waals surface area (Å²) in [6, 6.07) is 6.05. The number of carboxylic acid groups (broad SMARTS) is 1. The van der Waals surface area contributed by atoms with Gasteiger partial charge in [0.1, 0.15) is 11.7 Å². The number of allylic oxidation sites excluding steroid dienone is 1. The molecule has 3 N–H and O–H groups in total. The molecule has 0 saturated heterocycles. The number of carbonyl (C=O) groups is 2. The van der Waals surface area contributed by atoms with E-state index in [-0.39, 0.29) is 11.1 Å². The number of carboxylic acids is 1. The fourth-order valence-electron chi connectivity index (χ4n) is 2.00. The first-order valence-electron chi connectivity index (χ1n) is 7.59. The summed E-state index contributed by atoms with van der Waals surface area (Å²) in [7, 11) is 0. The SMILES string of the molecule is CC(C)(C)/C=C/C(NC(=O)c1cc(-c2ccccn2)c[nH]1)C(=O)O. The molecule has 126 valence electrons. The summed E-state index contributed by atoms with van der Waals surface area (Å²) in [5.41, 5.74) is 1.61. The van der Waals surface area contributed by atoms with Crippen molar-refractivity contribution in [3.8, 4) is 11.3 Å². The molecule has 0 aromatic carbocycles. The average Bonchev–Trinajstić information content (AvgIpc) is 3.01. The number of nitrogens with zero attached hydrogens (tertiary/aromatic N) is 1. The third-order valence-electron chi connectivity index (χ3n) is 3.23. The van der Waals surface area contributed by atoms with Crippen LogP contribution in [-0.4, -0.2) is 33.0 Å². The van der Waals surface area contributed by atoms with Crippen molar-refractivity contribution < 1.29 is 14.7 Å². The van der Waals surface area contributed by atoms with Gasteiger partial charge in [-0.15, -0.1) is 0 Å². The molecule has 24 heavy (non-hydrogen) atoms. The van der Waals surface area contributed by atoms with E-state index in [0.29, 0.717) is 0 Å². The second kappa shape index (κ2) is 7.12. The van der Waals surface area contributed by atoms with E-state index in [4.69, 9.17) is 0 Å². The van der Waals surface area contributed by atoms with Crippen LogP contribution in [0.4, 0.5) is 0 Å². The molecule has 0 fully saturated rings. The number of aliphatic carboxylic acids is 1. The average molecular weight is 327 g/mol. The maximum atomic E-state index is 12.3. The molecule has 1 unspecified atom stereocenters. The maximum Gasteiger partial charge on any atom is 0.330 e. The Morgan fingerprint density at radius 1 is 1.33 bits per heavy atom. The summed E-state index contributed by atoms with van der Waals surface area (Å²) in [6.07, 6.45) is 6.58. The van der Waals surface area contributed by atoms with Crippen molar-refractivity contribution >= 4 is 11.9 Å². The van der Waals surface area contributed by atoms with Crippen molar-refractivity contribution in [3.63, 3.8) is 0 Å². The Balaban J connectivity index is 2.12. The molecule has 0 aliphatic carbocycles. The van der Waals surface area contributed by atoms with Gasteiger partial charge in [-0.05, 0) is 23.6 Å². The van der Waals surface area contributed by atoms with Crippen molar-refractivity contribution in [3.05, 3.63) is 54.5 Å². The quantitative estimate of drug-likeness (QED) is 0.736. The van der Waals surface area contributed by atoms with Gasteiger partial charge >= 0.3 is 5.97 Å². The van der Waals surface area contributed by atoms with E-state index in [0.717, 1.165) is 11.3 Å². The van der Waals surface area contributed by atoms with Crippen LogP contribution in [0.25, 0.3) is 11.3 Å². The predicted molar refractivity (Wildman–Crippen MR) is 91.5 cm³/mol. The van der Waals surface area contributed by atoms with Gasteiger partial charge in [-0.3, -0.25) is 9.78 Å². The maximum absolute atomic E-state index is 12.3. The highest BCUT2D eigenvalue weighted by Crippen LogP contribution is 2.18. The van der Waals surface area contributed by atoms with Gasteiger partial charge in [0.05, 0.1) is 5.69 Å². The highest BCUT2D eigenvalue weighted by molar-refractivity contribution is 5.96. The Kier molecular flexibility index (Phi) is 5.18. The van der Waals surface area contributed by atoms with Crippen molar-refractivity contribution in [2.75, 3.05) is 0 Å². The first-order chi connectivity index (χ1) is 11.3. The Morgan fingerprint density at radius 2 is 2.08 bits per heavy atom. The Morgan fingerprint density at radius 3 is 2.67 bits per heavy atom. The van der Waals surface area contributed by atoms with Crippen molar-refractivity contribution in [2.24, 2.45) is 5.41 Å². The standard InChI is InChI=1S/C18H21N3O3/c1-18(2,3)8-7-14(17(23)24)21-16(22)15-10-12(11-20-15)13-6-4-5-9-19-13/h4-11,14,20H,1-3H3,(H,21,22)(H,23,24)/b8-7+. The number of rotatable bonds is 5. The number of hydrogen-bond acceptors (Lipinski definition) is 3. The number of carbonyl (C=O) groups excluding carboxylic acids is 1. The van der Waals surface area contributed by atoms with E-state index in [1.54, 1.807) is 24.5 Å². The van der Waals surface area contributed by atoms with Crippen molar-refractivity contribution in [2.45, 2.75) is 26.8 Å². The van der Waals surface area contributed by atoms with Gasteiger partial charge in [-0.1, -0.05) is 39.0 Å². The van der Waals surface area contributed by atoms with Gasteiger partial charge in [0.15, 0.2) is 0 Å². The van der Waals surface area contributed by atoms with E-state index in [2.05, 4.69) is 15.3 Å². The Labute approximate surface area is 140 Å². The van der Waals surface area contributed by atoms with Crippen molar-refractivity contribution in [1.82, 2.24) is 15.3 Å². The van der Waals surface area contributed by atoms with E-state index < -0.39 is 17.9 Å². The zero-order valence-electron chi connectivity index (χ0n) is 13.9. The topological polar surface area (TPSA) is 95.1 Å². The Bertz CT molecular complexity index is 742. The van der Waals surface area contributed by atoms with Crippen LogP contribution >= 0.6 is 0 Å². The fraction of sp³-hybridized carbons (Fsp3) is 0.278. The zero-order valence-corrected chi connectivity index (χ0v) is 13.9. The molecule has 1 amide bonds. The monoisotopic (exact) mass is 327 g/mol. The molecule has 2 aromatic rings. The van der Waals surface area contributed by atoms with Crippen LogP contribution in [0.1, 0.15) is 31.3 Å². The molecule has 0 bridgehead atoms. The summed E-state index contributed by atoms with van der Waals surface area (Å²) in [6.45, 7) is 5.86. The minimum absolute atomic E-state index is 0.170. The molecule has 6 nitrogen and oxygen atoms in total. The summed E-state index contributed by atoms with van der Waals surface area (Å²) in [5, 5.41) is 11.8.